The summed E-state index contributed by atoms with van der Waals surface area (Å²) in [6.45, 7) is 4.34. The summed E-state index contributed by atoms with van der Waals surface area (Å²) < 4.78 is 5.79. The van der Waals surface area contributed by atoms with Crippen LogP contribution in [0, 0.1) is 12.8 Å². The predicted molar refractivity (Wildman–Crippen MR) is 97.3 cm³/mol. The molecule has 1 heterocycles. The summed E-state index contributed by atoms with van der Waals surface area (Å²) >= 11 is 1.65. The van der Waals surface area contributed by atoms with Gasteiger partial charge in [0.2, 0.25) is 0 Å². The minimum atomic E-state index is -0.124. The zero-order chi connectivity index (χ0) is 16.9. The second-order valence-corrected chi connectivity index (χ2v) is 7.73. The van der Waals surface area contributed by atoms with E-state index in [2.05, 4.69) is 41.4 Å². The number of aliphatic hydroxyl groups is 1. The second kappa shape index (κ2) is 8.10. The Balaban J connectivity index is 1.47. The van der Waals surface area contributed by atoms with E-state index in [9.17, 15) is 5.11 Å². The van der Waals surface area contributed by atoms with E-state index in [0.717, 1.165) is 48.8 Å². The Morgan fingerprint density at radius 2 is 2.08 bits per heavy atom. The normalized spacial score (nSPS) is 20.7. The molecule has 1 saturated carbocycles. The number of aryl methyl sites for hydroxylation is 1. The van der Waals surface area contributed by atoms with Gasteiger partial charge in [-0.1, -0.05) is 24.1 Å². The number of hydrogen-bond donors (Lipinski definition) is 1. The molecular formula is C19H26N2O2S. The summed E-state index contributed by atoms with van der Waals surface area (Å²) in [5.74, 6) is 1.29. The van der Waals surface area contributed by atoms with E-state index in [0.29, 0.717) is 12.5 Å². The Morgan fingerprint density at radius 1 is 1.29 bits per heavy atom. The minimum Gasteiger partial charge on any atom is -0.486 e. The van der Waals surface area contributed by atoms with Crippen LogP contribution in [0.15, 0.2) is 29.6 Å². The Hall–Kier alpha value is -1.43. The molecule has 0 spiro atoms. The first-order valence-electron chi connectivity index (χ1n) is 8.59. The molecule has 1 aromatic carbocycles. The van der Waals surface area contributed by atoms with Gasteiger partial charge in [0, 0.05) is 18.5 Å². The largest absolute Gasteiger partial charge is 0.486 e. The van der Waals surface area contributed by atoms with E-state index in [1.165, 1.54) is 5.56 Å². The Labute approximate surface area is 148 Å². The lowest BCUT2D eigenvalue weighted by Crippen LogP contribution is -2.29. The van der Waals surface area contributed by atoms with Crippen molar-refractivity contribution in [1.29, 1.82) is 0 Å². The first-order chi connectivity index (χ1) is 11.6. The Morgan fingerprint density at radius 3 is 2.79 bits per heavy atom. The van der Waals surface area contributed by atoms with Gasteiger partial charge in [-0.3, -0.25) is 0 Å². The molecule has 3 rings (SSSR count). The van der Waals surface area contributed by atoms with Crippen molar-refractivity contribution in [2.24, 2.45) is 5.92 Å². The molecule has 5 heteroatoms. The van der Waals surface area contributed by atoms with Gasteiger partial charge < -0.3 is 14.7 Å². The first kappa shape index (κ1) is 17.4. The van der Waals surface area contributed by atoms with Crippen LogP contribution in [0.3, 0.4) is 0 Å². The monoisotopic (exact) mass is 346 g/mol. The van der Waals surface area contributed by atoms with E-state index < -0.39 is 0 Å². The Kier molecular flexibility index (Phi) is 5.87. The number of ether oxygens (including phenoxy) is 1. The van der Waals surface area contributed by atoms with Gasteiger partial charge in [0.15, 0.2) is 0 Å². The van der Waals surface area contributed by atoms with Gasteiger partial charge in [-0.05, 0) is 44.9 Å². The number of hydrogen-bond acceptors (Lipinski definition) is 5. The zero-order valence-corrected chi connectivity index (χ0v) is 15.3. The average Bonchev–Trinajstić information content (AvgIpc) is 3.16. The minimum absolute atomic E-state index is 0.124. The highest BCUT2D eigenvalue weighted by Gasteiger charge is 2.26. The van der Waals surface area contributed by atoms with Gasteiger partial charge in [-0.15, -0.1) is 11.3 Å². The molecule has 0 amide bonds. The van der Waals surface area contributed by atoms with Crippen molar-refractivity contribution in [3.05, 3.63) is 45.9 Å². The highest BCUT2D eigenvalue weighted by atomic mass is 32.1. The van der Waals surface area contributed by atoms with Crippen LogP contribution in [0.4, 0.5) is 0 Å². The molecule has 4 nitrogen and oxygen atoms in total. The summed E-state index contributed by atoms with van der Waals surface area (Å²) in [4.78, 5) is 6.93. The van der Waals surface area contributed by atoms with Crippen molar-refractivity contribution in [1.82, 2.24) is 9.88 Å². The van der Waals surface area contributed by atoms with Crippen LogP contribution in [-0.2, 0) is 13.2 Å². The molecule has 130 valence electrons. The van der Waals surface area contributed by atoms with Crippen molar-refractivity contribution < 1.29 is 9.84 Å². The number of aliphatic hydroxyl groups excluding tert-OH is 1. The fourth-order valence-corrected chi connectivity index (χ4v) is 3.94. The number of aromatic nitrogens is 1. The van der Waals surface area contributed by atoms with Gasteiger partial charge in [0.05, 0.1) is 11.8 Å². The number of thiazole rings is 1. The van der Waals surface area contributed by atoms with Crippen LogP contribution in [0.25, 0.3) is 0 Å². The quantitative estimate of drug-likeness (QED) is 0.832. The highest BCUT2D eigenvalue weighted by molar-refractivity contribution is 7.09. The summed E-state index contributed by atoms with van der Waals surface area (Å²) in [5, 5.41) is 13.1. The van der Waals surface area contributed by atoms with Crippen LogP contribution in [0.1, 0.15) is 35.5 Å². The van der Waals surface area contributed by atoms with Crippen LogP contribution >= 0.6 is 11.3 Å². The fraction of sp³-hybridized carbons (Fsp3) is 0.526. The molecular weight excluding hydrogens is 320 g/mol. The molecule has 1 fully saturated rings. The maximum absolute atomic E-state index is 9.95. The molecule has 24 heavy (non-hydrogen) atoms. The molecule has 1 N–H and O–H groups in total. The Bertz CT molecular complexity index is 641. The second-order valence-electron chi connectivity index (χ2n) is 6.79. The molecule has 0 bridgehead atoms. The van der Waals surface area contributed by atoms with E-state index in [1.54, 1.807) is 11.3 Å². The van der Waals surface area contributed by atoms with Crippen molar-refractivity contribution in [3.8, 4) is 5.75 Å². The highest BCUT2D eigenvalue weighted by Crippen LogP contribution is 2.26. The predicted octanol–water partition coefficient (Wildman–Crippen LogP) is 3.62. The van der Waals surface area contributed by atoms with Crippen molar-refractivity contribution in [3.63, 3.8) is 0 Å². The summed E-state index contributed by atoms with van der Waals surface area (Å²) in [6, 6.07) is 8.08. The van der Waals surface area contributed by atoms with Crippen molar-refractivity contribution in [2.45, 2.75) is 45.4 Å². The first-order valence-corrected chi connectivity index (χ1v) is 9.47. The smallest absolute Gasteiger partial charge is 0.140 e. The zero-order valence-electron chi connectivity index (χ0n) is 14.4. The molecule has 2 aromatic rings. The van der Waals surface area contributed by atoms with Crippen molar-refractivity contribution >= 4 is 11.3 Å². The summed E-state index contributed by atoms with van der Waals surface area (Å²) in [7, 11) is 2.10. The molecule has 1 aliphatic carbocycles. The third-order valence-electron chi connectivity index (χ3n) is 4.58. The molecule has 1 aromatic heterocycles. The molecule has 0 aliphatic heterocycles. The average molecular weight is 346 g/mol. The molecule has 1 aliphatic rings. The van der Waals surface area contributed by atoms with E-state index >= 15 is 0 Å². The molecule has 0 saturated heterocycles. The maximum Gasteiger partial charge on any atom is 0.140 e. The van der Waals surface area contributed by atoms with Crippen LogP contribution in [0.2, 0.25) is 0 Å². The lowest BCUT2D eigenvalue weighted by atomic mass is 10.1. The topological polar surface area (TPSA) is 45.6 Å². The van der Waals surface area contributed by atoms with Gasteiger partial charge in [-0.25, -0.2) is 4.98 Å². The lowest BCUT2D eigenvalue weighted by Gasteiger charge is -2.22. The van der Waals surface area contributed by atoms with Crippen LogP contribution < -0.4 is 4.74 Å². The van der Waals surface area contributed by atoms with Gasteiger partial charge in [0.25, 0.3) is 0 Å². The third-order valence-corrected chi connectivity index (χ3v) is 5.45. The van der Waals surface area contributed by atoms with E-state index in [1.807, 2.05) is 12.1 Å². The summed E-state index contributed by atoms with van der Waals surface area (Å²) in [6.07, 6.45) is 3.12. The fourth-order valence-electron chi connectivity index (χ4n) is 3.24. The number of rotatable bonds is 7. The summed E-state index contributed by atoms with van der Waals surface area (Å²) in [5.41, 5.74) is 2.31. The molecule has 2 atom stereocenters. The SMILES string of the molecule is Cc1ccc(OCc2nc(CN(C)CC3CCCC3O)cs2)cc1. The van der Waals surface area contributed by atoms with Crippen LogP contribution in [0.5, 0.6) is 5.75 Å². The van der Waals surface area contributed by atoms with Crippen molar-refractivity contribution in [2.75, 3.05) is 13.6 Å². The molecule has 0 radical (unpaired) electrons. The standard InChI is InChI=1S/C19H26N2O2S/c1-14-6-8-17(9-7-14)23-12-19-20-16(13-24-19)11-21(2)10-15-4-3-5-18(15)22/h6-9,13,15,18,22H,3-5,10-12H2,1-2H3. The lowest BCUT2D eigenvalue weighted by molar-refractivity contribution is 0.107. The number of nitrogens with zero attached hydrogens (tertiary/aromatic N) is 2. The van der Waals surface area contributed by atoms with Gasteiger partial charge in [0.1, 0.15) is 17.4 Å². The van der Waals surface area contributed by atoms with Gasteiger partial charge in [-0.2, -0.15) is 0 Å². The van der Waals surface area contributed by atoms with E-state index in [-0.39, 0.29) is 6.10 Å². The maximum atomic E-state index is 9.95. The molecule has 2 unspecified atom stereocenters. The van der Waals surface area contributed by atoms with Gasteiger partial charge >= 0.3 is 0 Å². The third kappa shape index (κ3) is 4.79. The van der Waals surface area contributed by atoms with E-state index in [4.69, 9.17) is 4.74 Å². The van der Waals surface area contributed by atoms with Crippen LogP contribution in [-0.4, -0.2) is 34.7 Å². The number of benzene rings is 1.